The summed E-state index contributed by atoms with van der Waals surface area (Å²) in [7, 11) is -2.05. The van der Waals surface area contributed by atoms with Crippen molar-refractivity contribution in [2.45, 2.75) is 6.04 Å². The van der Waals surface area contributed by atoms with Gasteiger partial charge in [0.2, 0.25) is 15.9 Å². The predicted molar refractivity (Wildman–Crippen MR) is 107 cm³/mol. The molecule has 0 N–H and O–H groups in total. The quantitative estimate of drug-likeness (QED) is 0.787. The topological polar surface area (TPSA) is 60.9 Å². The lowest BCUT2D eigenvalue weighted by Gasteiger charge is -2.38. The molecule has 1 heterocycles. The molecule has 1 amide bonds. The van der Waals surface area contributed by atoms with Crippen LogP contribution in [0.4, 0.5) is 5.69 Å². The lowest BCUT2D eigenvalue weighted by Crippen LogP contribution is -2.52. The number of piperazine rings is 1. The number of amides is 1. The minimum Gasteiger partial charge on any atom is -0.368 e. The van der Waals surface area contributed by atoms with Crippen LogP contribution in [0.5, 0.6) is 0 Å². The van der Waals surface area contributed by atoms with Gasteiger partial charge in [-0.15, -0.1) is 0 Å². The Kier molecular flexibility index (Phi) is 5.82. The number of nitrogens with zero attached hydrogens (tertiary/aromatic N) is 3. The van der Waals surface area contributed by atoms with E-state index in [9.17, 15) is 13.2 Å². The van der Waals surface area contributed by atoms with E-state index in [1.165, 1.54) is 7.05 Å². The number of hydrogen-bond acceptors (Lipinski definition) is 4. The van der Waals surface area contributed by atoms with Crippen LogP contribution in [0.3, 0.4) is 0 Å². The summed E-state index contributed by atoms with van der Waals surface area (Å²) in [6.45, 7) is 2.57. The number of benzene rings is 2. The van der Waals surface area contributed by atoms with Crippen LogP contribution in [0.2, 0.25) is 0 Å². The van der Waals surface area contributed by atoms with Crippen LogP contribution in [0.25, 0.3) is 0 Å². The number of rotatable bonds is 5. The molecule has 1 aliphatic rings. The minimum atomic E-state index is -3.51. The molecule has 2 aromatic carbocycles. The third kappa shape index (κ3) is 4.48. The SMILES string of the molecule is CN(C(C(=O)N1CCN(c2ccccc2)CC1)c1ccccc1)S(C)(=O)=O. The largest absolute Gasteiger partial charge is 0.368 e. The third-order valence-electron chi connectivity index (χ3n) is 4.95. The molecule has 0 bridgehead atoms. The van der Waals surface area contributed by atoms with E-state index in [1.54, 1.807) is 17.0 Å². The molecule has 3 rings (SSSR count). The number of hydrogen-bond donors (Lipinski definition) is 0. The van der Waals surface area contributed by atoms with Crippen molar-refractivity contribution < 1.29 is 13.2 Å². The molecule has 0 aliphatic carbocycles. The molecule has 1 atom stereocenters. The average molecular weight is 388 g/mol. The van der Waals surface area contributed by atoms with Gasteiger partial charge in [-0.25, -0.2) is 8.42 Å². The maximum atomic E-state index is 13.2. The molecular formula is C20H25N3O3S. The Hall–Kier alpha value is -2.38. The minimum absolute atomic E-state index is 0.179. The van der Waals surface area contributed by atoms with Crippen LogP contribution in [0.1, 0.15) is 11.6 Å². The van der Waals surface area contributed by atoms with Gasteiger partial charge in [-0.1, -0.05) is 48.5 Å². The van der Waals surface area contributed by atoms with Crippen LogP contribution in [0, 0.1) is 0 Å². The van der Waals surface area contributed by atoms with Crippen molar-refractivity contribution >= 4 is 21.6 Å². The molecular weight excluding hydrogens is 362 g/mol. The summed E-state index contributed by atoms with van der Waals surface area (Å²) in [5.74, 6) is -0.179. The zero-order valence-corrected chi connectivity index (χ0v) is 16.5. The Morgan fingerprint density at radius 3 is 1.96 bits per heavy atom. The second kappa shape index (κ2) is 8.10. The lowest BCUT2D eigenvalue weighted by atomic mass is 10.1. The highest BCUT2D eigenvalue weighted by Crippen LogP contribution is 2.25. The van der Waals surface area contributed by atoms with Gasteiger partial charge in [-0.05, 0) is 17.7 Å². The summed E-state index contributed by atoms with van der Waals surface area (Å²) >= 11 is 0. The second-order valence-corrected chi connectivity index (χ2v) is 8.78. The Morgan fingerprint density at radius 2 is 1.44 bits per heavy atom. The fourth-order valence-corrected chi connectivity index (χ4v) is 3.93. The Balaban J connectivity index is 1.77. The molecule has 7 heteroatoms. The van der Waals surface area contributed by atoms with Gasteiger partial charge in [0.25, 0.3) is 0 Å². The van der Waals surface area contributed by atoms with Crippen molar-refractivity contribution in [3.63, 3.8) is 0 Å². The van der Waals surface area contributed by atoms with Crippen molar-refractivity contribution in [3.8, 4) is 0 Å². The summed E-state index contributed by atoms with van der Waals surface area (Å²) in [6.07, 6.45) is 1.13. The molecule has 1 unspecified atom stereocenters. The Morgan fingerprint density at radius 1 is 0.926 bits per heavy atom. The molecule has 1 fully saturated rings. The molecule has 0 spiro atoms. The lowest BCUT2D eigenvalue weighted by molar-refractivity contribution is -0.135. The number of carbonyl (C=O) groups is 1. The maximum Gasteiger partial charge on any atom is 0.245 e. The number of anilines is 1. The van der Waals surface area contributed by atoms with E-state index in [0.717, 1.165) is 29.3 Å². The van der Waals surface area contributed by atoms with Crippen LogP contribution in [0.15, 0.2) is 60.7 Å². The molecule has 6 nitrogen and oxygen atoms in total. The molecule has 2 aromatic rings. The van der Waals surface area contributed by atoms with Gasteiger partial charge in [0.15, 0.2) is 0 Å². The van der Waals surface area contributed by atoms with E-state index < -0.39 is 16.1 Å². The van der Waals surface area contributed by atoms with E-state index in [1.807, 2.05) is 36.4 Å². The van der Waals surface area contributed by atoms with Gasteiger partial charge in [0.05, 0.1) is 6.26 Å². The van der Waals surface area contributed by atoms with Crippen LogP contribution >= 0.6 is 0 Å². The summed E-state index contributed by atoms with van der Waals surface area (Å²) < 4.78 is 25.4. The number of sulfonamides is 1. The Bertz CT molecular complexity index is 864. The van der Waals surface area contributed by atoms with Crippen LogP contribution < -0.4 is 4.90 Å². The van der Waals surface area contributed by atoms with Gasteiger partial charge < -0.3 is 9.80 Å². The molecule has 0 radical (unpaired) electrons. The van der Waals surface area contributed by atoms with Gasteiger partial charge >= 0.3 is 0 Å². The first-order chi connectivity index (χ1) is 12.9. The zero-order valence-electron chi connectivity index (χ0n) is 15.7. The van der Waals surface area contributed by atoms with E-state index in [4.69, 9.17) is 0 Å². The first kappa shape index (κ1) is 19.4. The number of para-hydroxylation sites is 1. The smallest absolute Gasteiger partial charge is 0.245 e. The summed E-state index contributed by atoms with van der Waals surface area (Å²) in [5.41, 5.74) is 1.82. The van der Waals surface area contributed by atoms with Gasteiger partial charge in [0, 0.05) is 38.9 Å². The monoisotopic (exact) mass is 387 g/mol. The fourth-order valence-electron chi connectivity index (χ4n) is 3.33. The van der Waals surface area contributed by atoms with E-state index in [-0.39, 0.29) is 5.91 Å². The van der Waals surface area contributed by atoms with Gasteiger partial charge in [-0.2, -0.15) is 4.31 Å². The van der Waals surface area contributed by atoms with Crippen molar-refractivity contribution in [3.05, 3.63) is 66.2 Å². The van der Waals surface area contributed by atoms with Crippen molar-refractivity contribution in [1.82, 2.24) is 9.21 Å². The number of likely N-dealkylation sites (N-methyl/N-ethyl adjacent to an activating group) is 1. The highest BCUT2D eigenvalue weighted by Gasteiger charge is 2.35. The summed E-state index contributed by atoms with van der Waals surface area (Å²) in [6, 6.07) is 18.3. The van der Waals surface area contributed by atoms with Crippen molar-refractivity contribution in [1.29, 1.82) is 0 Å². The fraction of sp³-hybridized carbons (Fsp3) is 0.350. The first-order valence-electron chi connectivity index (χ1n) is 8.94. The summed E-state index contributed by atoms with van der Waals surface area (Å²) in [4.78, 5) is 17.2. The molecule has 1 saturated heterocycles. The van der Waals surface area contributed by atoms with Gasteiger partial charge in [0.1, 0.15) is 6.04 Å². The van der Waals surface area contributed by atoms with E-state index >= 15 is 0 Å². The van der Waals surface area contributed by atoms with Gasteiger partial charge in [-0.3, -0.25) is 4.79 Å². The second-order valence-electron chi connectivity index (χ2n) is 6.74. The normalized spacial score (nSPS) is 16.4. The van der Waals surface area contributed by atoms with Crippen LogP contribution in [-0.4, -0.2) is 63.0 Å². The standard InChI is InChI=1S/C20H25N3O3S/c1-21(27(2,25)26)19(17-9-5-3-6-10-17)20(24)23-15-13-22(14-16-23)18-11-7-4-8-12-18/h3-12,19H,13-16H2,1-2H3. The Labute approximate surface area is 161 Å². The predicted octanol–water partition coefficient (Wildman–Crippen LogP) is 1.97. The number of carbonyl (C=O) groups excluding carboxylic acids is 1. The van der Waals surface area contributed by atoms with Crippen molar-refractivity contribution in [2.24, 2.45) is 0 Å². The summed E-state index contributed by atoms with van der Waals surface area (Å²) in [5, 5.41) is 0. The zero-order chi connectivity index (χ0) is 19.4. The highest BCUT2D eigenvalue weighted by molar-refractivity contribution is 7.88. The highest BCUT2D eigenvalue weighted by atomic mass is 32.2. The first-order valence-corrected chi connectivity index (χ1v) is 10.8. The molecule has 144 valence electrons. The van der Waals surface area contributed by atoms with Crippen LogP contribution in [-0.2, 0) is 14.8 Å². The molecule has 0 aromatic heterocycles. The van der Waals surface area contributed by atoms with Crippen molar-refractivity contribution in [2.75, 3.05) is 44.4 Å². The molecule has 0 saturated carbocycles. The average Bonchev–Trinajstić information content (AvgIpc) is 2.69. The third-order valence-corrected chi connectivity index (χ3v) is 6.21. The molecule has 1 aliphatic heterocycles. The van der Waals surface area contributed by atoms with E-state index in [0.29, 0.717) is 18.7 Å². The van der Waals surface area contributed by atoms with E-state index in [2.05, 4.69) is 17.0 Å². The maximum absolute atomic E-state index is 13.2. The molecule has 27 heavy (non-hydrogen) atoms.